The van der Waals surface area contributed by atoms with Gasteiger partial charge in [0.25, 0.3) is 0 Å². The molecule has 1 aliphatic heterocycles. The van der Waals surface area contributed by atoms with Gasteiger partial charge in [-0.1, -0.05) is 24.3 Å². The van der Waals surface area contributed by atoms with Crippen LogP contribution in [0.1, 0.15) is 49.1 Å². The molecule has 2 fully saturated rings. The van der Waals surface area contributed by atoms with E-state index in [9.17, 15) is 9.18 Å². The molecule has 29 heavy (non-hydrogen) atoms. The lowest BCUT2D eigenvalue weighted by Crippen LogP contribution is -2.35. The van der Waals surface area contributed by atoms with Crippen LogP contribution in [0.5, 0.6) is 11.5 Å². The second-order valence-electron chi connectivity index (χ2n) is 7.74. The molecule has 0 bridgehead atoms. The number of amides is 1. The molecule has 0 aromatic heterocycles. The van der Waals surface area contributed by atoms with Gasteiger partial charge in [-0.3, -0.25) is 4.79 Å². The van der Waals surface area contributed by atoms with Crippen LogP contribution in [-0.2, 0) is 4.79 Å². The van der Waals surface area contributed by atoms with Crippen LogP contribution in [0.15, 0.2) is 48.0 Å². The van der Waals surface area contributed by atoms with Crippen molar-refractivity contribution in [2.45, 2.75) is 44.1 Å². The van der Waals surface area contributed by atoms with Crippen molar-refractivity contribution in [3.63, 3.8) is 0 Å². The van der Waals surface area contributed by atoms with E-state index in [4.69, 9.17) is 9.47 Å². The van der Waals surface area contributed by atoms with Crippen molar-refractivity contribution < 1.29 is 18.7 Å². The Hall–Kier alpha value is -2.82. The Balaban J connectivity index is 1.57. The molecule has 1 N–H and O–H groups in total. The highest BCUT2D eigenvalue weighted by Crippen LogP contribution is 2.36. The van der Waals surface area contributed by atoms with Crippen molar-refractivity contribution in [1.82, 2.24) is 5.32 Å². The molecule has 0 spiro atoms. The third-order valence-electron chi connectivity index (χ3n) is 5.76. The van der Waals surface area contributed by atoms with E-state index in [1.165, 1.54) is 18.9 Å². The van der Waals surface area contributed by atoms with E-state index in [1.54, 1.807) is 31.4 Å². The Morgan fingerprint density at radius 3 is 2.66 bits per heavy atom. The fourth-order valence-electron chi connectivity index (χ4n) is 4.12. The average Bonchev–Trinajstić information content (AvgIpc) is 3.24. The van der Waals surface area contributed by atoms with Crippen LogP contribution >= 0.6 is 0 Å². The summed E-state index contributed by atoms with van der Waals surface area (Å²) in [5.41, 5.74) is 2.09. The van der Waals surface area contributed by atoms with Crippen molar-refractivity contribution >= 4 is 12.0 Å². The minimum atomic E-state index is -0.327. The van der Waals surface area contributed by atoms with Gasteiger partial charge in [-0.15, -0.1) is 0 Å². The summed E-state index contributed by atoms with van der Waals surface area (Å²) in [4.78, 5) is 12.3. The number of rotatable bonds is 5. The average molecular weight is 395 g/mol. The number of hydrogen-bond donors (Lipinski definition) is 1. The monoisotopic (exact) mass is 395 g/mol. The number of carbonyl (C=O) groups excluding carboxylic acids is 1. The van der Waals surface area contributed by atoms with E-state index < -0.39 is 0 Å². The van der Waals surface area contributed by atoms with Crippen LogP contribution in [0.3, 0.4) is 0 Å². The van der Waals surface area contributed by atoms with Crippen molar-refractivity contribution in [2.75, 3.05) is 13.7 Å². The van der Waals surface area contributed by atoms with Gasteiger partial charge in [-0.05, 0) is 61.9 Å². The summed E-state index contributed by atoms with van der Waals surface area (Å²) in [6, 6.07) is 12.5. The summed E-state index contributed by atoms with van der Waals surface area (Å²) in [6.07, 6.45) is 6.98. The van der Waals surface area contributed by atoms with Crippen molar-refractivity contribution in [3.8, 4) is 11.5 Å². The molecular formula is C24H26FNO3. The van der Waals surface area contributed by atoms with Gasteiger partial charge in [-0.25, -0.2) is 4.39 Å². The molecule has 1 amide bonds. The number of nitrogens with one attached hydrogen (secondary N) is 1. The van der Waals surface area contributed by atoms with Gasteiger partial charge in [-0.2, -0.15) is 0 Å². The molecular weight excluding hydrogens is 369 g/mol. The number of methoxy groups -OCH3 is 1. The highest BCUT2D eigenvalue weighted by Gasteiger charge is 2.26. The molecule has 1 saturated heterocycles. The van der Waals surface area contributed by atoms with Crippen LogP contribution in [0, 0.1) is 5.82 Å². The Morgan fingerprint density at radius 2 is 1.90 bits per heavy atom. The van der Waals surface area contributed by atoms with Crippen LogP contribution < -0.4 is 14.8 Å². The topological polar surface area (TPSA) is 47.6 Å². The highest BCUT2D eigenvalue weighted by molar-refractivity contribution is 5.98. The maximum atomic E-state index is 14.0. The molecule has 1 heterocycles. The quantitative estimate of drug-likeness (QED) is 0.737. The summed E-state index contributed by atoms with van der Waals surface area (Å²) in [5, 5.41) is 2.94. The van der Waals surface area contributed by atoms with Gasteiger partial charge in [0.05, 0.1) is 13.2 Å². The summed E-state index contributed by atoms with van der Waals surface area (Å²) in [5.74, 6) is 1.12. The maximum Gasteiger partial charge on any atom is 0.247 e. The molecule has 0 unspecified atom stereocenters. The first-order chi connectivity index (χ1) is 14.1. The number of benzene rings is 2. The molecule has 2 aliphatic rings. The fraction of sp³-hybridized carbons (Fsp3) is 0.375. The predicted octanol–water partition coefficient (Wildman–Crippen LogP) is 4.84. The van der Waals surface area contributed by atoms with Crippen LogP contribution in [0.2, 0.25) is 0 Å². The van der Waals surface area contributed by atoms with E-state index in [2.05, 4.69) is 5.32 Å². The Labute approximate surface area is 170 Å². The Morgan fingerprint density at radius 1 is 1.10 bits per heavy atom. The molecule has 152 valence electrons. The van der Waals surface area contributed by atoms with E-state index in [0.29, 0.717) is 24.1 Å². The van der Waals surface area contributed by atoms with Gasteiger partial charge >= 0.3 is 0 Å². The van der Waals surface area contributed by atoms with Crippen LogP contribution in [-0.4, -0.2) is 25.7 Å². The number of halogens is 1. The van der Waals surface area contributed by atoms with Gasteiger partial charge in [0.1, 0.15) is 5.82 Å². The number of hydrogen-bond acceptors (Lipinski definition) is 3. The molecule has 4 nitrogen and oxygen atoms in total. The van der Waals surface area contributed by atoms with E-state index >= 15 is 0 Å². The molecule has 5 heteroatoms. The second-order valence-corrected chi connectivity index (χ2v) is 7.74. The standard InChI is InChI=1S/C24H26FNO3/c1-28-22-11-10-16(14-23(22)29-20-7-3-4-8-20)19-13-18(24(27)26-15-19)12-17-6-2-5-9-21(17)25/h2,5-6,9-12,14,19-20H,3-4,7-8,13,15H2,1H3,(H,26,27)/t19-/m1/s1. The lowest BCUT2D eigenvalue weighted by Gasteiger charge is -2.26. The van der Waals surface area contributed by atoms with Gasteiger partial charge in [0.2, 0.25) is 5.91 Å². The minimum Gasteiger partial charge on any atom is -0.493 e. The first-order valence-corrected chi connectivity index (χ1v) is 10.2. The second kappa shape index (κ2) is 8.68. The summed E-state index contributed by atoms with van der Waals surface area (Å²) < 4.78 is 25.7. The Bertz CT molecular complexity index is 918. The zero-order chi connectivity index (χ0) is 20.2. The summed E-state index contributed by atoms with van der Waals surface area (Å²) >= 11 is 0. The summed E-state index contributed by atoms with van der Waals surface area (Å²) in [7, 11) is 1.65. The van der Waals surface area contributed by atoms with Gasteiger partial charge < -0.3 is 14.8 Å². The Kier molecular flexibility index (Phi) is 5.84. The van der Waals surface area contributed by atoms with Crippen LogP contribution in [0.4, 0.5) is 4.39 Å². The third kappa shape index (κ3) is 4.44. The summed E-state index contributed by atoms with van der Waals surface area (Å²) in [6.45, 7) is 0.544. The highest BCUT2D eigenvalue weighted by atomic mass is 19.1. The molecule has 1 saturated carbocycles. The molecule has 2 aromatic carbocycles. The number of carbonyl (C=O) groups is 1. The molecule has 1 aliphatic carbocycles. The molecule has 2 aromatic rings. The van der Waals surface area contributed by atoms with E-state index in [0.717, 1.165) is 29.9 Å². The zero-order valence-corrected chi connectivity index (χ0v) is 16.6. The lowest BCUT2D eigenvalue weighted by molar-refractivity contribution is -0.118. The lowest BCUT2D eigenvalue weighted by atomic mass is 9.87. The fourth-order valence-corrected chi connectivity index (χ4v) is 4.12. The third-order valence-corrected chi connectivity index (χ3v) is 5.76. The van der Waals surface area contributed by atoms with E-state index in [1.807, 2.05) is 18.2 Å². The normalized spacial score (nSPS) is 21.2. The number of piperidine rings is 1. The predicted molar refractivity (Wildman–Crippen MR) is 111 cm³/mol. The zero-order valence-electron chi connectivity index (χ0n) is 16.6. The molecule has 4 rings (SSSR count). The SMILES string of the molecule is COc1ccc([C@H]2CNC(=O)C(=Cc3ccccc3F)C2)cc1OC1CCCC1. The molecule has 0 radical (unpaired) electrons. The van der Waals surface area contributed by atoms with Gasteiger partial charge in [0.15, 0.2) is 11.5 Å². The minimum absolute atomic E-state index is 0.0996. The van der Waals surface area contributed by atoms with Gasteiger partial charge in [0, 0.05) is 23.6 Å². The first kappa shape index (κ1) is 19.5. The smallest absolute Gasteiger partial charge is 0.247 e. The van der Waals surface area contributed by atoms with Crippen molar-refractivity contribution in [2.24, 2.45) is 0 Å². The maximum absolute atomic E-state index is 14.0. The molecule has 1 atom stereocenters. The van der Waals surface area contributed by atoms with E-state index in [-0.39, 0.29) is 23.7 Å². The van der Waals surface area contributed by atoms with Crippen molar-refractivity contribution in [1.29, 1.82) is 0 Å². The largest absolute Gasteiger partial charge is 0.493 e. The van der Waals surface area contributed by atoms with Crippen LogP contribution in [0.25, 0.3) is 6.08 Å². The van der Waals surface area contributed by atoms with Crippen molar-refractivity contribution in [3.05, 3.63) is 65.0 Å². The first-order valence-electron chi connectivity index (χ1n) is 10.2. The number of ether oxygens (including phenoxy) is 2.